The molecule has 0 spiro atoms. The van der Waals surface area contributed by atoms with Gasteiger partial charge in [-0.25, -0.2) is 0 Å². The van der Waals surface area contributed by atoms with Crippen LogP contribution >= 0.6 is 11.6 Å². The molecule has 1 aliphatic rings. The van der Waals surface area contributed by atoms with E-state index in [-0.39, 0.29) is 5.91 Å². The molecule has 1 unspecified atom stereocenters. The molecule has 4 nitrogen and oxygen atoms in total. The summed E-state index contributed by atoms with van der Waals surface area (Å²) in [5, 5.41) is 3.56. The van der Waals surface area contributed by atoms with Crippen molar-refractivity contribution in [3.8, 4) is 5.75 Å². The van der Waals surface area contributed by atoms with Gasteiger partial charge in [0.1, 0.15) is 5.75 Å². The molecule has 2 aromatic rings. The molecule has 1 heterocycles. The Morgan fingerprint density at radius 3 is 2.35 bits per heavy atom. The number of benzene rings is 2. The molecule has 0 aliphatic carbocycles. The van der Waals surface area contributed by atoms with Gasteiger partial charge in [-0.3, -0.25) is 9.69 Å². The highest BCUT2D eigenvalue weighted by atomic mass is 35.5. The average molecular weight is 373 g/mol. The average Bonchev–Trinajstić information content (AvgIpc) is 3.16. The molecule has 5 heteroatoms. The summed E-state index contributed by atoms with van der Waals surface area (Å²) in [5.41, 5.74) is 2.41. The lowest BCUT2D eigenvalue weighted by atomic mass is 10.1. The summed E-state index contributed by atoms with van der Waals surface area (Å²) in [6.45, 7) is 5.64. The number of halogens is 1. The molecule has 0 saturated carbocycles. The predicted octanol–water partition coefficient (Wildman–Crippen LogP) is 4.02. The Kier molecular flexibility index (Phi) is 6.53. The highest BCUT2D eigenvalue weighted by molar-refractivity contribution is 6.30. The minimum Gasteiger partial charge on any atom is -0.481 e. The van der Waals surface area contributed by atoms with Crippen LogP contribution < -0.4 is 10.1 Å². The van der Waals surface area contributed by atoms with Gasteiger partial charge in [0.15, 0.2) is 6.10 Å². The van der Waals surface area contributed by atoms with E-state index >= 15 is 0 Å². The molecule has 3 rings (SSSR count). The van der Waals surface area contributed by atoms with Crippen LogP contribution in [0.4, 0.5) is 0 Å². The largest absolute Gasteiger partial charge is 0.481 e. The van der Waals surface area contributed by atoms with Gasteiger partial charge in [-0.2, -0.15) is 0 Å². The fraction of sp³-hybridized carbons (Fsp3) is 0.381. The van der Waals surface area contributed by atoms with Crippen LogP contribution in [0.15, 0.2) is 48.5 Å². The van der Waals surface area contributed by atoms with Crippen molar-refractivity contribution in [2.45, 2.75) is 39.0 Å². The molecule has 2 aromatic carbocycles. The maximum absolute atomic E-state index is 12.2. The van der Waals surface area contributed by atoms with Crippen molar-refractivity contribution in [3.63, 3.8) is 0 Å². The molecule has 1 fully saturated rings. The second-order valence-corrected chi connectivity index (χ2v) is 7.17. The third-order valence-electron chi connectivity index (χ3n) is 4.59. The summed E-state index contributed by atoms with van der Waals surface area (Å²) in [4.78, 5) is 14.7. The normalized spacial score (nSPS) is 15.6. The number of carbonyl (C=O) groups is 1. The van der Waals surface area contributed by atoms with Gasteiger partial charge in [-0.1, -0.05) is 35.9 Å². The maximum atomic E-state index is 12.2. The molecule has 1 atom stereocenters. The molecule has 1 amide bonds. The van der Waals surface area contributed by atoms with E-state index in [1.54, 1.807) is 31.2 Å². The van der Waals surface area contributed by atoms with Crippen molar-refractivity contribution in [1.29, 1.82) is 0 Å². The topological polar surface area (TPSA) is 41.6 Å². The minimum atomic E-state index is -0.564. The Morgan fingerprint density at radius 2 is 1.69 bits per heavy atom. The molecule has 0 bridgehead atoms. The number of hydrogen-bond acceptors (Lipinski definition) is 3. The molecular formula is C21H25ClN2O2. The van der Waals surface area contributed by atoms with Gasteiger partial charge >= 0.3 is 0 Å². The van der Waals surface area contributed by atoms with Crippen LogP contribution in [0.3, 0.4) is 0 Å². The first-order valence-electron chi connectivity index (χ1n) is 9.10. The van der Waals surface area contributed by atoms with Gasteiger partial charge < -0.3 is 10.1 Å². The summed E-state index contributed by atoms with van der Waals surface area (Å²) in [6.07, 6.45) is 2.05. The SMILES string of the molecule is CC(Oc1ccc(Cl)cc1)C(=O)NCc1ccc(CN2CCCC2)cc1. The summed E-state index contributed by atoms with van der Waals surface area (Å²) < 4.78 is 5.64. The number of carbonyl (C=O) groups excluding carboxylic acids is 1. The van der Waals surface area contributed by atoms with E-state index in [0.29, 0.717) is 17.3 Å². The van der Waals surface area contributed by atoms with Crippen LogP contribution in [0.5, 0.6) is 5.75 Å². The summed E-state index contributed by atoms with van der Waals surface area (Å²) in [7, 11) is 0. The van der Waals surface area contributed by atoms with Crippen LogP contribution in [0.25, 0.3) is 0 Å². The number of nitrogens with zero attached hydrogens (tertiary/aromatic N) is 1. The number of hydrogen-bond donors (Lipinski definition) is 1. The summed E-state index contributed by atoms with van der Waals surface area (Å²) in [5.74, 6) is 0.490. The molecule has 1 N–H and O–H groups in total. The van der Waals surface area contributed by atoms with Crippen LogP contribution in [0.1, 0.15) is 30.9 Å². The van der Waals surface area contributed by atoms with Crippen LogP contribution in [0.2, 0.25) is 5.02 Å². The fourth-order valence-electron chi connectivity index (χ4n) is 3.07. The Hall–Kier alpha value is -2.04. The van der Waals surface area contributed by atoms with Crippen molar-refractivity contribution in [3.05, 3.63) is 64.7 Å². The van der Waals surface area contributed by atoms with Gasteiger partial charge in [-0.05, 0) is 68.2 Å². The van der Waals surface area contributed by atoms with Crippen LogP contribution in [0, 0.1) is 0 Å². The Morgan fingerprint density at radius 1 is 1.08 bits per heavy atom. The third-order valence-corrected chi connectivity index (χ3v) is 4.84. The van der Waals surface area contributed by atoms with Crippen molar-refractivity contribution >= 4 is 17.5 Å². The smallest absolute Gasteiger partial charge is 0.261 e. The monoisotopic (exact) mass is 372 g/mol. The Balaban J connectivity index is 1.45. The predicted molar refractivity (Wildman–Crippen MR) is 104 cm³/mol. The van der Waals surface area contributed by atoms with Crippen LogP contribution in [-0.4, -0.2) is 30.0 Å². The highest BCUT2D eigenvalue weighted by Crippen LogP contribution is 2.17. The number of rotatable bonds is 7. The lowest BCUT2D eigenvalue weighted by Gasteiger charge is -2.16. The standard InChI is InChI=1S/C21H25ClN2O2/c1-16(26-20-10-8-19(22)9-11-20)21(25)23-14-17-4-6-18(7-5-17)15-24-12-2-3-13-24/h4-11,16H,2-3,12-15H2,1H3,(H,23,25). The van der Waals surface area contributed by atoms with Gasteiger partial charge in [0.05, 0.1) is 0 Å². The van der Waals surface area contributed by atoms with E-state index in [2.05, 4.69) is 34.5 Å². The molecule has 0 radical (unpaired) electrons. The Labute approximate surface area is 160 Å². The lowest BCUT2D eigenvalue weighted by Crippen LogP contribution is -2.35. The molecule has 1 saturated heterocycles. The molecule has 0 aromatic heterocycles. The quantitative estimate of drug-likeness (QED) is 0.798. The Bertz CT molecular complexity index is 710. The van der Waals surface area contributed by atoms with Crippen molar-refractivity contribution in [2.75, 3.05) is 13.1 Å². The highest BCUT2D eigenvalue weighted by Gasteiger charge is 2.14. The van der Waals surface area contributed by atoms with E-state index in [0.717, 1.165) is 12.1 Å². The zero-order valence-electron chi connectivity index (χ0n) is 15.1. The third kappa shape index (κ3) is 5.48. The first-order chi connectivity index (χ1) is 12.6. The second kappa shape index (κ2) is 9.06. The van der Waals surface area contributed by atoms with Crippen molar-refractivity contribution in [2.24, 2.45) is 0 Å². The zero-order valence-corrected chi connectivity index (χ0v) is 15.8. The maximum Gasteiger partial charge on any atom is 0.261 e. The van der Waals surface area contributed by atoms with Gasteiger partial charge in [0, 0.05) is 18.1 Å². The van der Waals surface area contributed by atoms with E-state index in [1.807, 2.05) is 0 Å². The summed E-state index contributed by atoms with van der Waals surface area (Å²) >= 11 is 5.85. The fourth-order valence-corrected chi connectivity index (χ4v) is 3.19. The van der Waals surface area contributed by atoms with Crippen molar-refractivity contribution in [1.82, 2.24) is 10.2 Å². The van der Waals surface area contributed by atoms with E-state index in [1.165, 1.54) is 31.5 Å². The number of likely N-dealkylation sites (tertiary alicyclic amines) is 1. The zero-order chi connectivity index (χ0) is 18.4. The number of ether oxygens (including phenoxy) is 1. The van der Waals surface area contributed by atoms with Crippen LogP contribution in [-0.2, 0) is 17.9 Å². The summed E-state index contributed by atoms with van der Waals surface area (Å²) in [6, 6.07) is 15.4. The van der Waals surface area contributed by atoms with Gasteiger partial charge in [0.25, 0.3) is 5.91 Å². The van der Waals surface area contributed by atoms with Gasteiger partial charge in [-0.15, -0.1) is 0 Å². The minimum absolute atomic E-state index is 0.138. The number of amides is 1. The second-order valence-electron chi connectivity index (χ2n) is 6.73. The van der Waals surface area contributed by atoms with Crippen molar-refractivity contribution < 1.29 is 9.53 Å². The number of nitrogens with one attached hydrogen (secondary N) is 1. The van der Waals surface area contributed by atoms with E-state index < -0.39 is 6.10 Å². The van der Waals surface area contributed by atoms with E-state index in [4.69, 9.17) is 16.3 Å². The first kappa shape index (κ1) is 18.7. The van der Waals surface area contributed by atoms with Gasteiger partial charge in [0.2, 0.25) is 0 Å². The molecule has 138 valence electrons. The first-order valence-corrected chi connectivity index (χ1v) is 9.48. The molecular weight excluding hydrogens is 348 g/mol. The molecule has 1 aliphatic heterocycles. The lowest BCUT2D eigenvalue weighted by molar-refractivity contribution is -0.127. The van der Waals surface area contributed by atoms with E-state index in [9.17, 15) is 4.79 Å². The molecule has 26 heavy (non-hydrogen) atoms.